The Morgan fingerprint density at radius 2 is 1.60 bits per heavy atom. The number of hydrogen-bond donors (Lipinski definition) is 2. The number of ether oxygens (including phenoxy) is 1. The van der Waals surface area contributed by atoms with E-state index in [0.717, 1.165) is 11.3 Å². The van der Waals surface area contributed by atoms with Gasteiger partial charge in [-0.15, -0.1) is 11.3 Å². The van der Waals surface area contributed by atoms with Crippen LogP contribution in [0, 0.1) is 0 Å². The lowest BCUT2D eigenvalue weighted by molar-refractivity contribution is -0.154. The van der Waals surface area contributed by atoms with Crippen molar-refractivity contribution in [1.29, 1.82) is 0 Å². The van der Waals surface area contributed by atoms with E-state index in [-0.39, 0.29) is 0 Å². The molecule has 0 aliphatic rings. The number of rotatable bonds is 7. The number of carbonyl (C=O) groups excluding carboxylic acids is 3. The Balaban J connectivity index is 1.52. The first kappa shape index (κ1) is 21.2. The summed E-state index contributed by atoms with van der Waals surface area (Å²) in [5.74, 6) is -1.60. The average molecular weight is 423 g/mol. The Kier molecular flexibility index (Phi) is 6.92. The zero-order valence-electron chi connectivity index (χ0n) is 16.5. The number of aromatic nitrogens is 1. The van der Waals surface area contributed by atoms with Gasteiger partial charge in [0.1, 0.15) is 6.04 Å². The third-order valence-corrected chi connectivity index (χ3v) is 4.96. The minimum absolute atomic E-state index is 0.395. The van der Waals surface area contributed by atoms with E-state index in [2.05, 4.69) is 15.6 Å². The van der Waals surface area contributed by atoms with Gasteiger partial charge in [-0.3, -0.25) is 14.9 Å². The minimum Gasteiger partial charge on any atom is -0.451 e. The first-order chi connectivity index (χ1) is 14.4. The van der Waals surface area contributed by atoms with Gasteiger partial charge in [0.05, 0.1) is 5.69 Å². The molecule has 0 bridgehead atoms. The Morgan fingerprint density at radius 3 is 2.27 bits per heavy atom. The van der Waals surface area contributed by atoms with Crippen LogP contribution in [0.2, 0.25) is 0 Å². The normalized spacial score (nSPS) is 12.5. The lowest BCUT2D eigenvalue weighted by atomic mass is 10.2. The van der Waals surface area contributed by atoms with Gasteiger partial charge in [-0.2, -0.15) is 0 Å². The molecule has 0 aliphatic carbocycles. The van der Waals surface area contributed by atoms with Crippen molar-refractivity contribution >= 4 is 34.3 Å². The van der Waals surface area contributed by atoms with Gasteiger partial charge in [-0.05, 0) is 26.0 Å². The fraction of sp³-hybridized carbons (Fsp3) is 0.182. The average Bonchev–Trinajstić information content (AvgIpc) is 3.23. The molecular weight excluding hydrogens is 402 g/mol. The molecule has 8 heteroatoms. The van der Waals surface area contributed by atoms with E-state index in [9.17, 15) is 14.4 Å². The molecule has 0 saturated heterocycles. The highest BCUT2D eigenvalue weighted by Crippen LogP contribution is 2.24. The van der Waals surface area contributed by atoms with Crippen LogP contribution in [0.4, 0.5) is 5.13 Å². The number of hydrogen-bond acceptors (Lipinski definition) is 6. The molecule has 154 valence electrons. The van der Waals surface area contributed by atoms with Gasteiger partial charge in [-0.1, -0.05) is 48.5 Å². The maximum Gasteiger partial charge on any atom is 0.329 e. The number of esters is 1. The Morgan fingerprint density at radius 1 is 0.967 bits per heavy atom. The van der Waals surface area contributed by atoms with Crippen molar-refractivity contribution < 1.29 is 19.1 Å². The molecule has 0 spiro atoms. The predicted octanol–water partition coefficient (Wildman–Crippen LogP) is 3.50. The number of nitrogens with zero attached hydrogens (tertiary/aromatic N) is 1. The van der Waals surface area contributed by atoms with Crippen molar-refractivity contribution in [3.05, 3.63) is 71.6 Å². The van der Waals surface area contributed by atoms with Crippen molar-refractivity contribution in [3.63, 3.8) is 0 Å². The standard InChI is InChI=1S/C22H21N3O4S/c1-14(23-20(27)17-11-7-4-8-12-17)21(28)29-15(2)19(26)25-22-24-18(13-30-22)16-9-5-3-6-10-16/h3-15H,1-2H3,(H,23,27)(H,24,25,26)/t14-,15?/m0/s1. The third kappa shape index (κ3) is 5.51. The van der Waals surface area contributed by atoms with E-state index in [1.807, 2.05) is 35.7 Å². The molecule has 0 aliphatic heterocycles. The molecule has 2 atom stereocenters. The highest BCUT2D eigenvalue weighted by molar-refractivity contribution is 7.14. The summed E-state index contributed by atoms with van der Waals surface area (Å²) in [6.45, 7) is 2.96. The first-order valence-corrected chi connectivity index (χ1v) is 10.2. The van der Waals surface area contributed by atoms with E-state index < -0.39 is 29.9 Å². The zero-order chi connectivity index (χ0) is 21.5. The molecule has 7 nitrogen and oxygen atoms in total. The van der Waals surface area contributed by atoms with Crippen LogP contribution in [0.1, 0.15) is 24.2 Å². The fourth-order valence-electron chi connectivity index (χ4n) is 2.54. The summed E-state index contributed by atoms with van der Waals surface area (Å²) < 4.78 is 5.19. The second kappa shape index (κ2) is 9.80. The van der Waals surface area contributed by atoms with E-state index in [1.54, 1.807) is 30.3 Å². The molecule has 30 heavy (non-hydrogen) atoms. The molecule has 2 amide bonds. The second-order valence-corrected chi connectivity index (χ2v) is 7.39. The van der Waals surface area contributed by atoms with Gasteiger partial charge >= 0.3 is 5.97 Å². The summed E-state index contributed by atoms with van der Waals surface area (Å²) in [7, 11) is 0. The molecule has 3 aromatic rings. The minimum atomic E-state index is -1.04. The Bertz CT molecular complexity index is 1020. The van der Waals surface area contributed by atoms with E-state index in [4.69, 9.17) is 4.74 Å². The van der Waals surface area contributed by atoms with Gasteiger partial charge in [0.2, 0.25) is 0 Å². The number of nitrogens with one attached hydrogen (secondary N) is 2. The van der Waals surface area contributed by atoms with Crippen molar-refractivity contribution in [1.82, 2.24) is 10.3 Å². The van der Waals surface area contributed by atoms with Gasteiger partial charge in [0.25, 0.3) is 11.8 Å². The molecule has 2 aromatic carbocycles. The van der Waals surface area contributed by atoms with Crippen LogP contribution in [0.15, 0.2) is 66.0 Å². The van der Waals surface area contributed by atoms with Crippen LogP contribution in [-0.4, -0.2) is 34.9 Å². The third-order valence-electron chi connectivity index (χ3n) is 4.20. The summed E-state index contributed by atoms with van der Waals surface area (Å²) in [6.07, 6.45) is -1.04. The zero-order valence-corrected chi connectivity index (χ0v) is 17.3. The molecule has 0 fully saturated rings. The van der Waals surface area contributed by atoms with Gasteiger partial charge in [0.15, 0.2) is 11.2 Å². The highest BCUT2D eigenvalue weighted by Gasteiger charge is 2.24. The van der Waals surface area contributed by atoms with Crippen LogP contribution >= 0.6 is 11.3 Å². The monoisotopic (exact) mass is 423 g/mol. The van der Waals surface area contributed by atoms with E-state index >= 15 is 0 Å². The number of amides is 2. The molecule has 1 heterocycles. The largest absolute Gasteiger partial charge is 0.451 e. The van der Waals surface area contributed by atoms with Gasteiger partial charge in [0, 0.05) is 16.5 Å². The van der Waals surface area contributed by atoms with Crippen LogP contribution in [0.25, 0.3) is 11.3 Å². The van der Waals surface area contributed by atoms with Crippen LogP contribution in [0.3, 0.4) is 0 Å². The van der Waals surface area contributed by atoms with Crippen molar-refractivity contribution in [2.75, 3.05) is 5.32 Å². The quantitative estimate of drug-likeness (QED) is 0.567. The van der Waals surface area contributed by atoms with Crippen molar-refractivity contribution in [3.8, 4) is 11.3 Å². The summed E-state index contributed by atoms with van der Waals surface area (Å²) in [5, 5.41) is 7.45. The number of anilines is 1. The summed E-state index contributed by atoms with van der Waals surface area (Å²) >= 11 is 1.28. The highest BCUT2D eigenvalue weighted by atomic mass is 32.1. The van der Waals surface area contributed by atoms with Gasteiger partial charge in [-0.25, -0.2) is 9.78 Å². The van der Waals surface area contributed by atoms with Crippen LogP contribution < -0.4 is 10.6 Å². The number of carbonyl (C=O) groups is 3. The SMILES string of the molecule is CC(OC(=O)[C@H](C)NC(=O)c1ccccc1)C(=O)Nc1nc(-c2ccccc2)cs1. The maximum atomic E-state index is 12.4. The molecule has 0 saturated carbocycles. The predicted molar refractivity (Wildman–Crippen MR) is 115 cm³/mol. The Hall–Kier alpha value is -3.52. The lowest BCUT2D eigenvalue weighted by Gasteiger charge is -2.17. The number of thiazole rings is 1. The van der Waals surface area contributed by atoms with Crippen molar-refractivity contribution in [2.45, 2.75) is 26.0 Å². The van der Waals surface area contributed by atoms with Crippen LogP contribution in [0.5, 0.6) is 0 Å². The second-order valence-electron chi connectivity index (χ2n) is 6.53. The molecular formula is C22H21N3O4S. The van der Waals surface area contributed by atoms with Crippen LogP contribution in [-0.2, 0) is 14.3 Å². The Labute approximate surface area is 178 Å². The molecule has 0 radical (unpaired) electrons. The fourth-order valence-corrected chi connectivity index (χ4v) is 3.26. The summed E-state index contributed by atoms with van der Waals surface area (Å²) in [4.78, 5) is 41.1. The summed E-state index contributed by atoms with van der Waals surface area (Å²) in [5.41, 5.74) is 2.12. The lowest BCUT2D eigenvalue weighted by Crippen LogP contribution is -2.42. The maximum absolute atomic E-state index is 12.4. The van der Waals surface area contributed by atoms with Gasteiger partial charge < -0.3 is 10.1 Å². The van der Waals surface area contributed by atoms with E-state index in [1.165, 1.54) is 25.2 Å². The van der Waals surface area contributed by atoms with E-state index in [0.29, 0.717) is 10.7 Å². The summed E-state index contributed by atoms with van der Waals surface area (Å²) in [6, 6.07) is 17.2. The first-order valence-electron chi connectivity index (χ1n) is 9.32. The number of benzene rings is 2. The van der Waals surface area contributed by atoms with Crippen molar-refractivity contribution in [2.24, 2.45) is 0 Å². The molecule has 3 rings (SSSR count). The molecule has 1 unspecified atom stereocenters. The smallest absolute Gasteiger partial charge is 0.329 e. The molecule has 1 aromatic heterocycles. The molecule has 2 N–H and O–H groups in total. The topological polar surface area (TPSA) is 97.4 Å².